The maximum atomic E-state index is 13.8. The molecule has 1 heterocycles. The number of ether oxygens (including phenoxy) is 1. The molecule has 3 aromatic carbocycles. The van der Waals surface area contributed by atoms with Gasteiger partial charge in [-0.1, -0.05) is 91.0 Å². The third-order valence-electron chi connectivity index (χ3n) is 7.07. The smallest absolute Gasteiger partial charge is 0.434 e. The van der Waals surface area contributed by atoms with Gasteiger partial charge >= 0.3 is 6.09 Å². The summed E-state index contributed by atoms with van der Waals surface area (Å²) < 4.78 is 5.33. The summed E-state index contributed by atoms with van der Waals surface area (Å²) in [6, 6.07) is 28.4. The van der Waals surface area contributed by atoms with Crippen LogP contribution in [0.15, 0.2) is 96.0 Å². The Labute approximate surface area is 252 Å². The van der Waals surface area contributed by atoms with E-state index in [-0.39, 0.29) is 43.5 Å². The number of nitrogens with one attached hydrogen (secondary N) is 2. The molecule has 0 aromatic heterocycles. The number of β-lactam (4-membered cyclic amide) rings is 1. The third kappa shape index (κ3) is 8.61. The molecule has 0 radical (unpaired) electrons. The van der Waals surface area contributed by atoms with Gasteiger partial charge in [-0.3, -0.25) is 14.4 Å². The summed E-state index contributed by atoms with van der Waals surface area (Å²) in [6.45, 7) is 5.69. The first kappa shape index (κ1) is 31.2. The molecule has 9 nitrogen and oxygen atoms in total. The standard InChI is InChI=1S/C34H38N4O5/c1-33(2,3)43-32(42)37-28(30(40)35-23-26-15-9-5-10-16-26)19-20-38-29(39)22-34(38,21-25-13-7-4-8-14-25)31(41)36-24-27-17-11-6-12-18-27/h4-18H,19-24H2,1-3H3,(H,35,40)(H,36,41)/b37-28+. The molecule has 0 bridgehead atoms. The summed E-state index contributed by atoms with van der Waals surface area (Å²) in [7, 11) is 0. The SMILES string of the molecule is CC(C)(C)OC(=O)/N=C(\CCN1C(=O)CC1(Cc1ccccc1)C(=O)NCc1ccccc1)C(=O)NCc1ccccc1. The lowest BCUT2D eigenvalue weighted by atomic mass is 9.77. The van der Waals surface area contributed by atoms with Crippen molar-refractivity contribution in [3.05, 3.63) is 108 Å². The molecule has 43 heavy (non-hydrogen) atoms. The van der Waals surface area contributed by atoms with E-state index in [0.717, 1.165) is 16.7 Å². The van der Waals surface area contributed by atoms with Gasteiger partial charge in [0, 0.05) is 32.5 Å². The highest BCUT2D eigenvalue weighted by atomic mass is 16.6. The number of benzene rings is 3. The molecular formula is C34H38N4O5. The summed E-state index contributed by atoms with van der Waals surface area (Å²) in [6.07, 6.45) is -0.614. The van der Waals surface area contributed by atoms with Crippen molar-refractivity contribution in [2.75, 3.05) is 6.54 Å². The van der Waals surface area contributed by atoms with Crippen molar-refractivity contribution in [3.8, 4) is 0 Å². The monoisotopic (exact) mass is 582 g/mol. The van der Waals surface area contributed by atoms with Gasteiger partial charge in [-0.15, -0.1) is 0 Å². The summed E-state index contributed by atoms with van der Waals surface area (Å²) in [5.41, 5.74) is 0.681. The Balaban J connectivity index is 1.54. The molecule has 3 aromatic rings. The second-order valence-corrected chi connectivity index (χ2v) is 11.5. The Kier molecular flexibility index (Phi) is 10.1. The van der Waals surface area contributed by atoms with Crippen LogP contribution in [-0.4, -0.2) is 52.1 Å². The molecule has 1 fully saturated rings. The second kappa shape index (κ2) is 13.9. The van der Waals surface area contributed by atoms with Crippen molar-refractivity contribution in [2.45, 2.75) is 64.3 Å². The Morgan fingerprint density at radius 3 is 1.84 bits per heavy atom. The van der Waals surface area contributed by atoms with Crippen molar-refractivity contribution >= 4 is 29.5 Å². The zero-order valence-electron chi connectivity index (χ0n) is 24.8. The summed E-state index contributed by atoms with van der Waals surface area (Å²) >= 11 is 0. The van der Waals surface area contributed by atoms with Gasteiger partial charge in [0.25, 0.3) is 5.91 Å². The molecule has 1 saturated heterocycles. The Bertz CT molecular complexity index is 1450. The minimum absolute atomic E-state index is 0.0187. The van der Waals surface area contributed by atoms with Crippen LogP contribution in [0.5, 0.6) is 0 Å². The van der Waals surface area contributed by atoms with Gasteiger partial charge in [0.05, 0.1) is 6.42 Å². The molecule has 1 atom stereocenters. The van der Waals surface area contributed by atoms with Crippen LogP contribution in [-0.2, 0) is 38.6 Å². The normalized spacial score (nSPS) is 16.7. The highest BCUT2D eigenvalue weighted by molar-refractivity contribution is 6.40. The largest absolute Gasteiger partial charge is 0.442 e. The molecule has 4 amide bonds. The van der Waals surface area contributed by atoms with Crippen molar-refractivity contribution in [3.63, 3.8) is 0 Å². The lowest BCUT2D eigenvalue weighted by Crippen LogP contribution is -2.71. The zero-order chi connectivity index (χ0) is 30.9. The van der Waals surface area contributed by atoms with Crippen LogP contribution in [0.4, 0.5) is 4.79 Å². The number of amides is 4. The fourth-order valence-electron chi connectivity index (χ4n) is 4.96. The van der Waals surface area contributed by atoms with Gasteiger partial charge in [0.2, 0.25) is 11.8 Å². The van der Waals surface area contributed by atoms with Crippen molar-refractivity contribution < 1.29 is 23.9 Å². The van der Waals surface area contributed by atoms with E-state index in [2.05, 4.69) is 15.6 Å². The Morgan fingerprint density at radius 1 is 0.814 bits per heavy atom. The van der Waals surface area contributed by atoms with Crippen LogP contribution < -0.4 is 10.6 Å². The van der Waals surface area contributed by atoms with E-state index in [9.17, 15) is 19.2 Å². The van der Waals surface area contributed by atoms with Gasteiger partial charge in [0.1, 0.15) is 16.9 Å². The maximum absolute atomic E-state index is 13.8. The molecule has 9 heteroatoms. The Morgan fingerprint density at radius 2 is 1.33 bits per heavy atom. The number of rotatable bonds is 11. The minimum Gasteiger partial charge on any atom is -0.442 e. The van der Waals surface area contributed by atoms with E-state index < -0.39 is 23.1 Å². The minimum atomic E-state index is -1.15. The number of likely N-dealkylation sites (tertiary alicyclic amines) is 1. The van der Waals surface area contributed by atoms with Crippen LogP contribution >= 0.6 is 0 Å². The molecule has 0 spiro atoms. The van der Waals surface area contributed by atoms with Crippen LogP contribution in [0.2, 0.25) is 0 Å². The number of nitrogens with zero attached hydrogens (tertiary/aromatic N) is 2. The lowest BCUT2D eigenvalue weighted by molar-refractivity contribution is -0.166. The number of carbonyl (C=O) groups is 4. The molecule has 1 aliphatic heterocycles. The van der Waals surface area contributed by atoms with Crippen LogP contribution in [0.25, 0.3) is 0 Å². The van der Waals surface area contributed by atoms with Crippen molar-refractivity contribution in [1.82, 2.24) is 15.5 Å². The average Bonchev–Trinajstić information content (AvgIpc) is 2.98. The van der Waals surface area contributed by atoms with E-state index in [0.29, 0.717) is 13.0 Å². The fraction of sp³-hybridized carbons (Fsp3) is 0.324. The second-order valence-electron chi connectivity index (χ2n) is 11.5. The third-order valence-corrected chi connectivity index (χ3v) is 7.07. The summed E-state index contributed by atoms with van der Waals surface area (Å²) in [4.78, 5) is 58.1. The van der Waals surface area contributed by atoms with Crippen LogP contribution in [0.3, 0.4) is 0 Å². The van der Waals surface area contributed by atoms with Gasteiger partial charge in [0.15, 0.2) is 0 Å². The van der Waals surface area contributed by atoms with Crippen LogP contribution in [0, 0.1) is 0 Å². The van der Waals surface area contributed by atoms with E-state index in [1.165, 1.54) is 4.90 Å². The Hall–Kier alpha value is -4.79. The van der Waals surface area contributed by atoms with E-state index in [4.69, 9.17) is 4.74 Å². The zero-order valence-corrected chi connectivity index (χ0v) is 24.8. The predicted octanol–water partition coefficient (Wildman–Crippen LogP) is 4.60. The molecule has 0 saturated carbocycles. The first-order valence-corrected chi connectivity index (χ1v) is 14.3. The maximum Gasteiger partial charge on any atom is 0.434 e. The number of carbonyl (C=O) groups excluding carboxylic acids is 4. The molecule has 0 aliphatic carbocycles. The molecule has 2 N–H and O–H groups in total. The average molecular weight is 583 g/mol. The number of hydrogen-bond donors (Lipinski definition) is 2. The topological polar surface area (TPSA) is 117 Å². The number of aliphatic imine (C=N–C) groups is 1. The molecule has 1 aliphatic rings. The quantitative estimate of drug-likeness (QED) is 0.253. The highest BCUT2D eigenvalue weighted by Gasteiger charge is 2.56. The van der Waals surface area contributed by atoms with E-state index >= 15 is 0 Å². The van der Waals surface area contributed by atoms with Gasteiger partial charge in [-0.05, 0) is 37.5 Å². The molecule has 1 unspecified atom stereocenters. The first-order valence-electron chi connectivity index (χ1n) is 14.3. The van der Waals surface area contributed by atoms with Crippen LogP contribution in [0.1, 0.15) is 50.3 Å². The fourth-order valence-corrected chi connectivity index (χ4v) is 4.96. The first-order chi connectivity index (χ1) is 20.6. The summed E-state index contributed by atoms with van der Waals surface area (Å²) in [5, 5.41) is 5.80. The molecular weight excluding hydrogens is 544 g/mol. The predicted molar refractivity (Wildman–Crippen MR) is 164 cm³/mol. The van der Waals surface area contributed by atoms with Crippen molar-refractivity contribution in [1.29, 1.82) is 0 Å². The number of hydrogen-bond acceptors (Lipinski definition) is 5. The van der Waals surface area contributed by atoms with Crippen molar-refractivity contribution in [2.24, 2.45) is 4.99 Å². The van der Waals surface area contributed by atoms with Gasteiger partial charge in [-0.2, -0.15) is 4.99 Å². The van der Waals surface area contributed by atoms with E-state index in [1.54, 1.807) is 20.8 Å². The highest BCUT2D eigenvalue weighted by Crippen LogP contribution is 2.36. The van der Waals surface area contributed by atoms with Gasteiger partial charge in [-0.25, -0.2) is 4.79 Å². The molecule has 4 rings (SSSR count). The molecule has 224 valence electrons. The van der Waals surface area contributed by atoms with Gasteiger partial charge < -0.3 is 20.3 Å². The van der Waals surface area contributed by atoms with E-state index in [1.807, 2.05) is 91.0 Å². The lowest BCUT2D eigenvalue weighted by Gasteiger charge is -2.51. The summed E-state index contributed by atoms with van der Waals surface area (Å²) in [5.74, 6) is -1.05.